The molecule has 10 fully saturated rings. The molecule has 10 heteroatoms. The number of aliphatic hydroxyl groups excluding tert-OH is 1. The molecule has 288 valence electrons. The van der Waals surface area contributed by atoms with Gasteiger partial charge in [-0.1, -0.05) is 27.2 Å². The van der Waals surface area contributed by atoms with E-state index in [0.717, 1.165) is 76.9 Å². The highest BCUT2D eigenvalue weighted by Crippen LogP contribution is 2.84. The Morgan fingerprint density at radius 1 is 0.961 bits per heavy atom. The molecule has 12 atom stereocenters. The minimum atomic E-state index is -1.04. The molecule has 12 unspecified atom stereocenters. The maximum absolute atomic E-state index is 13.3. The number of carbonyl (C=O) groups is 1. The van der Waals surface area contributed by atoms with Gasteiger partial charge in [0.2, 0.25) is 0 Å². The molecule has 0 radical (unpaired) electrons. The fraction of sp³-hybridized carbons (Fsp3) is 0.976. The highest BCUT2D eigenvalue weighted by molar-refractivity contribution is 5.68. The van der Waals surface area contributed by atoms with Crippen molar-refractivity contribution in [3.05, 3.63) is 0 Å². The lowest BCUT2D eigenvalue weighted by Crippen LogP contribution is -2.80. The third kappa shape index (κ3) is 4.74. The minimum absolute atomic E-state index is 0.0958. The molecule has 0 aromatic heterocycles. The lowest BCUT2D eigenvalue weighted by molar-refractivity contribution is -0.329. The molecule has 2 spiro atoms. The first-order valence-electron chi connectivity index (χ1n) is 21.0. The number of alkyl carbamates (subject to hydrolysis) is 1. The van der Waals surface area contributed by atoms with E-state index >= 15 is 0 Å². The Bertz CT molecular complexity index is 1370. The van der Waals surface area contributed by atoms with Gasteiger partial charge in [0.1, 0.15) is 12.2 Å². The van der Waals surface area contributed by atoms with Crippen LogP contribution in [0.2, 0.25) is 0 Å². The topological polar surface area (TPSA) is 130 Å². The van der Waals surface area contributed by atoms with E-state index in [-0.39, 0.29) is 63.9 Å². The average Bonchev–Trinajstić information content (AvgIpc) is 3.18. The van der Waals surface area contributed by atoms with Crippen LogP contribution in [0.15, 0.2) is 0 Å². The monoisotopic (exact) mass is 713 g/mol. The molecule has 7 aliphatic carbocycles. The van der Waals surface area contributed by atoms with E-state index in [2.05, 4.69) is 35.9 Å². The Labute approximate surface area is 306 Å². The average molecular weight is 713 g/mol. The Hall–Kier alpha value is -1.01. The maximum atomic E-state index is 13.3. The summed E-state index contributed by atoms with van der Waals surface area (Å²) in [5.41, 5.74) is 5.91. The number of hydrogen-bond acceptors (Lipinski definition) is 9. The summed E-state index contributed by atoms with van der Waals surface area (Å²) < 4.78 is 19.2. The van der Waals surface area contributed by atoms with Gasteiger partial charge in [0, 0.05) is 50.3 Å². The summed E-state index contributed by atoms with van der Waals surface area (Å²) in [5.74, 6) is 0.971. The van der Waals surface area contributed by atoms with Crippen molar-refractivity contribution < 1.29 is 29.2 Å². The normalized spacial score (nSPS) is 48.8. The minimum Gasteiger partial charge on any atom is -0.446 e. The molecular formula is C41H68N4O6. The zero-order chi connectivity index (χ0) is 35.9. The van der Waals surface area contributed by atoms with E-state index in [0.29, 0.717) is 18.6 Å². The number of nitrogens with zero attached hydrogens (tertiary/aromatic N) is 2. The highest BCUT2D eigenvalue weighted by atomic mass is 16.6. The second-order valence-electron chi connectivity index (χ2n) is 20.5. The fourth-order valence-corrected chi connectivity index (χ4v) is 14.9. The molecule has 3 saturated heterocycles. The number of aliphatic hydroxyl groups is 2. The van der Waals surface area contributed by atoms with Crippen molar-refractivity contribution in [2.45, 2.75) is 178 Å². The molecule has 3 heterocycles. The molecule has 7 saturated carbocycles. The Kier molecular flexibility index (Phi) is 8.22. The van der Waals surface area contributed by atoms with Gasteiger partial charge in [-0.05, 0) is 125 Å². The van der Waals surface area contributed by atoms with Crippen molar-refractivity contribution in [1.82, 2.24) is 15.1 Å². The van der Waals surface area contributed by atoms with Gasteiger partial charge in [-0.3, -0.25) is 9.80 Å². The number of rotatable bonds is 8. The molecule has 5 N–H and O–H groups in total. The molecule has 10 aliphatic rings. The molecule has 51 heavy (non-hydrogen) atoms. The largest absolute Gasteiger partial charge is 0.446 e. The van der Waals surface area contributed by atoms with E-state index in [1.165, 1.54) is 32.4 Å². The third-order valence-corrected chi connectivity index (χ3v) is 18.0. The molecule has 10 nitrogen and oxygen atoms in total. The van der Waals surface area contributed by atoms with Crippen LogP contribution in [0.1, 0.15) is 119 Å². The number of ether oxygens (including phenoxy) is 3. The predicted molar refractivity (Wildman–Crippen MR) is 194 cm³/mol. The van der Waals surface area contributed by atoms with Crippen LogP contribution in [0, 0.1) is 39.4 Å². The lowest BCUT2D eigenvalue weighted by atomic mass is 9.24. The van der Waals surface area contributed by atoms with Crippen molar-refractivity contribution in [3.63, 3.8) is 0 Å². The molecule has 1 amide bonds. The van der Waals surface area contributed by atoms with Gasteiger partial charge < -0.3 is 35.5 Å². The second kappa shape index (κ2) is 11.8. The molecular weight excluding hydrogens is 644 g/mol. The molecule has 0 aromatic carbocycles. The van der Waals surface area contributed by atoms with E-state index in [1.807, 2.05) is 6.92 Å². The smallest absolute Gasteiger partial charge is 0.407 e. The van der Waals surface area contributed by atoms with Crippen LogP contribution in [0.3, 0.4) is 0 Å². The number of hydrogen-bond donors (Lipinski definition) is 4. The standard InChI is InChI=1S/C41H68N4O6/c1-7-49-34(37(4,5)48)28-12-11-27-32(50-28)33(46)41(42)30-15-16-40-23-39(30,18-17-38(27,41)6)29(40)13-14-31(36(40,2)3)51-35(47)43-24-19-44(20-24)26-21-45(22-26)25-9-8-10-25/h24-34,46,48H,7-23,42H2,1-6H3,(H,43,47). The van der Waals surface area contributed by atoms with Crippen LogP contribution in [0.25, 0.3) is 0 Å². The quantitative estimate of drug-likeness (QED) is 0.289. The van der Waals surface area contributed by atoms with Crippen LogP contribution in [-0.4, -0.2) is 119 Å². The first-order valence-corrected chi connectivity index (χ1v) is 21.0. The SMILES string of the molecule is CCOC(C1CCC2C(O1)C(O)C1(N)C3CCC45CC3(CCC21C)C4CCC(OC(=O)NC1CN(C2CN(C3CCC3)C2)C1)C5(C)C)C(C)(C)O. The zero-order valence-electron chi connectivity index (χ0n) is 32.4. The van der Waals surface area contributed by atoms with E-state index in [9.17, 15) is 15.0 Å². The first kappa shape index (κ1) is 35.7. The maximum Gasteiger partial charge on any atom is 0.407 e. The van der Waals surface area contributed by atoms with Crippen LogP contribution in [-0.2, 0) is 14.2 Å². The van der Waals surface area contributed by atoms with Crippen molar-refractivity contribution in [2.75, 3.05) is 32.8 Å². The second-order valence-corrected chi connectivity index (χ2v) is 20.5. The van der Waals surface area contributed by atoms with E-state index in [4.69, 9.17) is 19.9 Å². The van der Waals surface area contributed by atoms with Gasteiger partial charge in [0.15, 0.2) is 0 Å². The fourth-order valence-electron chi connectivity index (χ4n) is 14.9. The number of nitrogens with one attached hydrogen (secondary N) is 1. The summed E-state index contributed by atoms with van der Waals surface area (Å²) in [6.07, 6.45) is 11.0. The van der Waals surface area contributed by atoms with Crippen molar-refractivity contribution >= 4 is 6.09 Å². The summed E-state index contributed by atoms with van der Waals surface area (Å²) in [7, 11) is 0. The van der Waals surface area contributed by atoms with Gasteiger partial charge in [-0.25, -0.2) is 4.79 Å². The van der Waals surface area contributed by atoms with Crippen LogP contribution < -0.4 is 11.1 Å². The Morgan fingerprint density at radius 2 is 1.69 bits per heavy atom. The van der Waals surface area contributed by atoms with Crippen LogP contribution in [0.4, 0.5) is 4.79 Å². The summed E-state index contributed by atoms with van der Waals surface area (Å²) >= 11 is 0. The molecule has 0 aromatic rings. The summed E-state index contributed by atoms with van der Waals surface area (Å²) in [5, 5.41) is 26.6. The Morgan fingerprint density at radius 3 is 2.35 bits per heavy atom. The first-order chi connectivity index (χ1) is 24.1. The predicted octanol–water partition coefficient (Wildman–Crippen LogP) is 4.44. The van der Waals surface area contributed by atoms with Crippen molar-refractivity contribution in [3.8, 4) is 0 Å². The van der Waals surface area contributed by atoms with Gasteiger partial charge >= 0.3 is 6.09 Å². The van der Waals surface area contributed by atoms with Gasteiger partial charge in [-0.15, -0.1) is 0 Å². The number of nitrogens with two attached hydrogens (primary N) is 1. The van der Waals surface area contributed by atoms with Crippen molar-refractivity contribution in [2.24, 2.45) is 45.1 Å². The van der Waals surface area contributed by atoms with Gasteiger partial charge in [0.25, 0.3) is 0 Å². The van der Waals surface area contributed by atoms with E-state index < -0.39 is 23.3 Å². The van der Waals surface area contributed by atoms with Crippen LogP contribution in [0.5, 0.6) is 0 Å². The summed E-state index contributed by atoms with van der Waals surface area (Å²) in [6.45, 7) is 17.4. The summed E-state index contributed by atoms with van der Waals surface area (Å²) in [6, 6.07) is 1.68. The lowest BCUT2D eigenvalue weighted by Gasteiger charge is -2.81. The van der Waals surface area contributed by atoms with E-state index in [1.54, 1.807) is 13.8 Å². The molecule has 2 bridgehead atoms. The molecule has 3 aliphatic heterocycles. The molecule has 10 rings (SSSR count). The van der Waals surface area contributed by atoms with Gasteiger partial charge in [-0.2, -0.15) is 0 Å². The van der Waals surface area contributed by atoms with Crippen LogP contribution >= 0.6 is 0 Å². The number of likely N-dealkylation sites (tertiary alicyclic amines) is 2. The summed E-state index contributed by atoms with van der Waals surface area (Å²) in [4.78, 5) is 18.5. The number of fused-ring (bicyclic) bond motifs is 4. The van der Waals surface area contributed by atoms with Crippen molar-refractivity contribution in [1.29, 1.82) is 0 Å². The number of amides is 1. The van der Waals surface area contributed by atoms with Gasteiger partial charge in [0.05, 0.1) is 35.5 Å². The zero-order valence-corrected chi connectivity index (χ0v) is 32.4. The number of carbonyl (C=O) groups excluding carboxylic acids is 1. The highest BCUT2D eigenvalue weighted by Gasteiger charge is 2.82. The Balaban J connectivity index is 0.851. The third-order valence-electron chi connectivity index (χ3n) is 18.0.